The van der Waals surface area contributed by atoms with Crippen molar-refractivity contribution in [1.82, 2.24) is 4.90 Å². The summed E-state index contributed by atoms with van der Waals surface area (Å²) in [5, 5.41) is 9.30. The molecule has 2 rings (SSSR count). The first-order valence-electron chi connectivity index (χ1n) is 7.71. The molecule has 3 N–H and O–H groups in total. The van der Waals surface area contributed by atoms with Crippen LogP contribution in [-0.4, -0.2) is 53.4 Å². The number of amides is 1. The zero-order valence-corrected chi connectivity index (χ0v) is 12.7. The highest BCUT2D eigenvalue weighted by Gasteiger charge is 2.35. The second kappa shape index (κ2) is 6.41. The lowest BCUT2D eigenvalue weighted by atomic mass is 9.84. The molecule has 0 radical (unpaired) electrons. The van der Waals surface area contributed by atoms with Crippen LogP contribution in [0.2, 0.25) is 0 Å². The molecule has 2 aliphatic rings. The van der Waals surface area contributed by atoms with E-state index in [0.717, 1.165) is 25.7 Å². The Morgan fingerprint density at radius 1 is 1.35 bits per heavy atom. The van der Waals surface area contributed by atoms with Gasteiger partial charge in [-0.2, -0.15) is 0 Å². The summed E-state index contributed by atoms with van der Waals surface area (Å²) in [6.45, 7) is 5.01. The molecule has 1 unspecified atom stereocenters. The fourth-order valence-electron chi connectivity index (χ4n) is 3.35. The zero-order chi connectivity index (χ0) is 14.8. The molecule has 1 amide bonds. The first kappa shape index (κ1) is 15.7. The quantitative estimate of drug-likeness (QED) is 0.807. The fraction of sp³-hybridized carbons (Fsp3) is 0.933. The summed E-state index contributed by atoms with van der Waals surface area (Å²) < 4.78 is 5.75. The molecular formula is C15H28N2O3. The van der Waals surface area contributed by atoms with Crippen molar-refractivity contribution < 1.29 is 14.6 Å². The maximum Gasteiger partial charge on any atom is 0.223 e. The predicted octanol–water partition coefficient (Wildman–Crippen LogP) is 0.892. The number of aliphatic hydroxyl groups is 1. The minimum atomic E-state index is -0.379. The highest BCUT2D eigenvalue weighted by atomic mass is 16.5. The normalized spacial score (nSPS) is 34.0. The Kier molecular flexibility index (Phi) is 5.04. The number of rotatable bonds is 3. The average Bonchev–Trinajstić information content (AvgIpc) is 2.39. The van der Waals surface area contributed by atoms with Crippen LogP contribution in [-0.2, 0) is 9.53 Å². The summed E-state index contributed by atoms with van der Waals surface area (Å²) in [6, 6.07) is 0.322. The molecule has 20 heavy (non-hydrogen) atoms. The summed E-state index contributed by atoms with van der Waals surface area (Å²) in [7, 11) is 0. The molecule has 1 saturated carbocycles. The van der Waals surface area contributed by atoms with Crippen molar-refractivity contribution >= 4 is 5.91 Å². The van der Waals surface area contributed by atoms with Crippen LogP contribution in [0, 0.1) is 5.92 Å². The molecule has 5 nitrogen and oxygen atoms in total. The van der Waals surface area contributed by atoms with E-state index in [1.165, 1.54) is 0 Å². The van der Waals surface area contributed by atoms with Gasteiger partial charge in [-0.1, -0.05) is 0 Å². The van der Waals surface area contributed by atoms with Crippen LogP contribution in [0.3, 0.4) is 0 Å². The first-order valence-corrected chi connectivity index (χ1v) is 7.71. The third kappa shape index (κ3) is 4.17. The maximum absolute atomic E-state index is 12.5. The number of hydrogen-bond acceptors (Lipinski definition) is 4. The summed E-state index contributed by atoms with van der Waals surface area (Å²) >= 11 is 0. The van der Waals surface area contributed by atoms with Gasteiger partial charge in [-0.3, -0.25) is 4.79 Å². The van der Waals surface area contributed by atoms with E-state index in [2.05, 4.69) is 0 Å². The minimum absolute atomic E-state index is 0.0362. The van der Waals surface area contributed by atoms with Gasteiger partial charge in [-0.05, 0) is 45.4 Å². The van der Waals surface area contributed by atoms with Crippen LogP contribution in [0.4, 0.5) is 0 Å². The third-order valence-electron chi connectivity index (χ3n) is 4.39. The molecule has 1 heterocycles. The average molecular weight is 284 g/mol. The Labute approximate surface area is 121 Å². The van der Waals surface area contributed by atoms with E-state index in [1.807, 2.05) is 18.7 Å². The van der Waals surface area contributed by atoms with Crippen molar-refractivity contribution in [3.8, 4) is 0 Å². The number of aliphatic hydroxyl groups excluding tert-OH is 1. The van der Waals surface area contributed by atoms with Crippen LogP contribution >= 0.6 is 0 Å². The Morgan fingerprint density at radius 3 is 2.60 bits per heavy atom. The number of carbonyl (C=O) groups is 1. The third-order valence-corrected chi connectivity index (χ3v) is 4.39. The van der Waals surface area contributed by atoms with Crippen LogP contribution in [0.1, 0.15) is 46.0 Å². The lowest BCUT2D eigenvalue weighted by Gasteiger charge is -2.42. The number of nitrogens with zero attached hydrogens (tertiary/aromatic N) is 1. The topological polar surface area (TPSA) is 75.8 Å². The van der Waals surface area contributed by atoms with Crippen LogP contribution in [0.25, 0.3) is 0 Å². The van der Waals surface area contributed by atoms with Crippen LogP contribution < -0.4 is 5.73 Å². The Hall–Kier alpha value is -0.650. The van der Waals surface area contributed by atoms with Gasteiger partial charge in [0.05, 0.1) is 18.3 Å². The molecule has 0 bridgehead atoms. The van der Waals surface area contributed by atoms with Crippen LogP contribution in [0.5, 0.6) is 0 Å². The first-order chi connectivity index (χ1) is 9.39. The van der Waals surface area contributed by atoms with Crippen LogP contribution in [0.15, 0.2) is 0 Å². The maximum atomic E-state index is 12.5. The lowest BCUT2D eigenvalue weighted by Crippen LogP contribution is -2.55. The monoisotopic (exact) mass is 284 g/mol. The summed E-state index contributed by atoms with van der Waals surface area (Å²) in [5.41, 5.74) is 5.52. The molecule has 1 saturated heterocycles. The largest absolute Gasteiger partial charge is 0.394 e. The van der Waals surface area contributed by atoms with E-state index < -0.39 is 0 Å². The highest BCUT2D eigenvalue weighted by molar-refractivity contribution is 5.76. The predicted molar refractivity (Wildman–Crippen MR) is 77.2 cm³/mol. The molecule has 0 spiro atoms. The van der Waals surface area contributed by atoms with Gasteiger partial charge in [0.25, 0.3) is 0 Å². The van der Waals surface area contributed by atoms with E-state index in [4.69, 9.17) is 10.5 Å². The van der Waals surface area contributed by atoms with E-state index >= 15 is 0 Å². The molecule has 2 fully saturated rings. The molecule has 0 aromatic carbocycles. The molecule has 1 aliphatic heterocycles. The minimum Gasteiger partial charge on any atom is -0.394 e. The Balaban J connectivity index is 1.88. The van der Waals surface area contributed by atoms with Gasteiger partial charge in [0, 0.05) is 25.6 Å². The Morgan fingerprint density at radius 2 is 2.00 bits per heavy atom. The van der Waals surface area contributed by atoms with Crippen molar-refractivity contribution in [3.05, 3.63) is 0 Å². The zero-order valence-electron chi connectivity index (χ0n) is 12.7. The van der Waals surface area contributed by atoms with E-state index in [1.54, 1.807) is 0 Å². The van der Waals surface area contributed by atoms with Gasteiger partial charge in [-0.15, -0.1) is 0 Å². The molecule has 5 heteroatoms. The molecular weight excluding hydrogens is 256 g/mol. The van der Waals surface area contributed by atoms with Crippen molar-refractivity contribution in [2.24, 2.45) is 11.7 Å². The van der Waals surface area contributed by atoms with Gasteiger partial charge in [-0.25, -0.2) is 0 Å². The van der Waals surface area contributed by atoms with Crippen molar-refractivity contribution in [2.75, 3.05) is 19.7 Å². The number of hydrogen-bond donors (Lipinski definition) is 2. The van der Waals surface area contributed by atoms with Gasteiger partial charge in [0.2, 0.25) is 5.91 Å². The van der Waals surface area contributed by atoms with Gasteiger partial charge in [0.15, 0.2) is 0 Å². The number of nitrogens with two attached hydrogens (primary N) is 1. The number of morpholine rings is 1. The van der Waals surface area contributed by atoms with E-state index in [-0.39, 0.29) is 24.2 Å². The van der Waals surface area contributed by atoms with Gasteiger partial charge >= 0.3 is 0 Å². The number of carbonyl (C=O) groups excluding carboxylic acids is 1. The second-order valence-corrected chi connectivity index (χ2v) is 6.94. The van der Waals surface area contributed by atoms with E-state index in [9.17, 15) is 9.90 Å². The molecule has 1 aliphatic carbocycles. The van der Waals surface area contributed by atoms with Crippen molar-refractivity contribution in [3.63, 3.8) is 0 Å². The molecule has 0 aromatic rings. The smallest absolute Gasteiger partial charge is 0.223 e. The van der Waals surface area contributed by atoms with Crippen molar-refractivity contribution in [1.29, 1.82) is 0 Å². The second-order valence-electron chi connectivity index (χ2n) is 6.94. The SMILES string of the molecule is CC1(C)CN(C(=O)CC2CCC(N)CC2)CC(CO)O1. The van der Waals surface area contributed by atoms with Gasteiger partial charge < -0.3 is 20.5 Å². The summed E-state index contributed by atoms with van der Waals surface area (Å²) in [5.74, 6) is 0.668. The number of ether oxygens (including phenoxy) is 1. The van der Waals surface area contributed by atoms with E-state index in [0.29, 0.717) is 31.5 Å². The standard InChI is InChI=1S/C15H28N2O3/c1-15(2)10-17(8-13(9-18)20-15)14(19)7-11-3-5-12(16)6-4-11/h11-13,18H,3-10,16H2,1-2H3. The van der Waals surface area contributed by atoms with Crippen molar-refractivity contribution in [2.45, 2.75) is 63.7 Å². The Bertz CT molecular complexity index is 338. The molecule has 116 valence electrons. The summed E-state index contributed by atoms with van der Waals surface area (Å²) in [6.07, 6.45) is 4.54. The fourth-order valence-corrected chi connectivity index (χ4v) is 3.35. The molecule has 1 atom stereocenters. The lowest BCUT2D eigenvalue weighted by molar-refractivity contribution is -0.167. The molecule has 0 aromatic heterocycles. The summed E-state index contributed by atoms with van der Waals surface area (Å²) in [4.78, 5) is 14.3. The highest BCUT2D eigenvalue weighted by Crippen LogP contribution is 2.28. The van der Waals surface area contributed by atoms with Gasteiger partial charge in [0.1, 0.15) is 0 Å².